The summed E-state index contributed by atoms with van der Waals surface area (Å²) in [5.74, 6) is 0.359. The Morgan fingerprint density at radius 2 is 2.02 bits per heavy atom. The third-order valence-electron chi connectivity index (χ3n) is 13.2. The standard InChI is InChI=1S/C34H52N2O5/c1-5-6-8-22-13-29(41-28(22)18-36-12-7-9-23(17-36)30(35)38)33-16-25-21(4)10-11-26(25)32(19-37)15-24(33)14-27(20(2)3)34(32,33)31(39)40/h14,19-26,28-29H,5-13,15-18H2,1-4H3,(H2,35,38)(H,39,40)/t21-,22?,23?,24?,25-,26-,28?,29?,32?,33?,34?/m1/s1. The smallest absolute Gasteiger partial charge is 0.315 e. The number of likely N-dealkylation sites (tertiary alicyclic amines) is 1. The van der Waals surface area contributed by atoms with Crippen molar-refractivity contribution in [2.24, 2.45) is 63.4 Å². The van der Waals surface area contributed by atoms with Gasteiger partial charge in [0.15, 0.2) is 0 Å². The number of ether oxygens (including phenoxy) is 1. The SMILES string of the molecule is CCCCC1CC(C23C[C@@H]4[C@H](C)CC[C@H]4C4(C=O)CC2C=C(C(C)C)C34C(=O)O)OC1CN1CCCC(C(N)=O)C1. The largest absolute Gasteiger partial charge is 0.481 e. The van der Waals surface area contributed by atoms with Gasteiger partial charge in [0.25, 0.3) is 0 Å². The molecule has 11 atom stereocenters. The van der Waals surface area contributed by atoms with Gasteiger partial charge in [0.2, 0.25) is 5.91 Å². The molecule has 7 nitrogen and oxygen atoms in total. The average molecular weight is 569 g/mol. The van der Waals surface area contributed by atoms with Crippen LogP contribution >= 0.6 is 0 Å². The molecule has 228 valence electrons. The van der Waals surface area contributed by atoms with Crippen molar-refractivity contribution in [2.75, 3.05) is 19.6 Å². The lowest BCUT2D eigenvalue weighted by atomic mass is 9.41. The molecule has 5 fully saturated rings. The van der Waals surface area contributed by atoms with E-state index in [2.05, 4.69) is 38.7 Å². The minimum Gasteiger partial charge on any atom is -0.481 e. The zero-order valence-electron chi connectivity index (χ0n) is 25.6. The minimum atomic E-state index is -1.19. The first-order valence-electron chi connectivity index (χ1n) is 16.7. The van der Waals surface area contributed by atoms with E-state index in [0.29, 0.717) is 30.7 Å². The Morgan fingerprint density at radius 3 is 2.68 bits per heavy atom. The number of primary amides is 1. The molecule has 4 aliphatic carbocycles. The minimum absolute atomic E-state index is 0.00486. The van der Waals surface area contributed by atoms with E-state index in [4.69, 9.17) is 10.5 Å². The molecule has 1 amide bonds. The van der Waals surface area contributed by atoms with Gasteiger partial charge in [-0.3, -0.25) is 14.5 Å². The molecule has 2 heterocycles. The summed E-state index contributed by atoms with van der Waals surface area (Å²) in [5, 5.41) is 11.4. The number of nitrogens with zero attached hydrogens (tertiary/aromatic N) is 1. The summed E-state index contributed by atoms with van der Waals surface area (Å²) >= 11 is 0. The van der Waals surface area contributed by atoms with Crippen molar-refractivity contribution in [1.29, 1.82) is 0 Å². The molecule has 7 heteroatoms. The third-order valence-corrected chi connectivity index (χ3v) is 13.2. The van der Waals surface area contributed by atoms with Crippen LogP contribution in [0.25, 0.3) is 0 Å². The zero-order valence-corrected chi connectivity index (χ0v) is 25.6. The molecular formula is C34H52N2O5. The molecular weight excluding hydrogens is 516 g/mol. The van der Waals surface area contributed by atoms with Crippen LogP contribution in [-0.2, 0) is 19.1 Å². The lowest BCUT2D eigenvalue weighted by molar-refractivity contribution is -0.197. The number of carbonyl (C=O) groups excluding carboxylic acids is 2. The second kappa shape index (κ2) is 10.5. The summed E-state index contributed by atoms with van der Waals surface area (Å²) in [4.78, 5) is 41.8. The van der Waals surface area contributed by atoms with Gasteiger partial charge in [-0.25, -0.2) is 0 Å². The molecule has 0 aromatic heterocycles. The number of carbonyl (C=O) groups is 3. The maximum Gasteiger partial charge on any atom is 0.315 e. The topological polar surface area (TPSA) is 110 Å². The van der Waals surface area contributed by atoms with Crippen LogP contribution in [0.15, 0.2) is 11.6 Å². The number of allylic oxidation sites excluding steroid dienone is 1. The molecule has 0 aromatic carbocycles. The van der Waals surface area contributed by atoms with Crippen LogP contribution in [0.3, 0.4) is 0 Å². The fourth-order valence-electron chi connectivity index (χ4n) is 11.7. The molecule has 6 aliphatic rings. The molecule has 4 bridgehead atoms. The summed E-state index contributed by atoms with van der Waals surface area (Å²) in [5.41, 5.74) is 4.06. The average Bonchev–Trinajstić information content (AvgIpc) is 3.65. The van der Waals surface area contributed by atoms with Gasteiger partial charge in [-0.1, -0.05) is 58.6 Å². The fourth-order valence-corrected chi connectivity index (χ4v) is 11.7. The Kier molecular flexibility index (Phi) is 7.49. The van der Waals surface area contributed by atoms with Crippen molar-refractivity contribution in [1.82, 2.24) is 4.90 Å². The summed E-state index contributed by atoms with van der Waals surface area (Å²) in [6, 6.07) is 0. The number of hydrogen-bond donors (Lipinski definition) is 2. The van der Waals surface area contributed by atoms with Crippen molar-refractivity contribution < 1.29 is 24.2 Å². The van der Waals surface area contributed by atoms with Crippen molar-refractivity contribution >= 4 is 18.2 Å². The second-order valence-corrected chi connectivity index (χ2v) is 15.2. The maximum absolute atomic E-state index is 14.0. The van der Waals surface area contributed by atoms with E-state index in [9.17, 15) is 19.5 Å². The van der Waals surface area contributed by atoms with Crippen molar-refractivity contribution in [3.63, 3.8) is 0 Å². The molecule has 6 rings (SSSR count). The van der Waals surface area contributed by atoms with Gasteiger partial charge in [-0.2, -0.15) is 0 Å². The van der Waals surface area contributed by atoms with E-state index < -0.39 is 22.2 Å². The highest BCUT2D eigenvalue weighted by Crippen LogP contribution is 2.84. The van der Waals surface area contributed by atoms with Crippen molar-refractivity contribution in [3.05, 3.63) is 11.6 Å². The summed E-state index contributed by atoms with van der Waals surface area (Å²) in [7, 11) is 0. The van der Waals surface area contributed by atoms with Crippen LogP contribution in [0.4, 0.5) is 0 Å². The Bertz CT molecular complexity index is 1100. The first kappa shape index (κ1) is 29.3. The molecule has 0 aromatic rings. The van der Waals surface area contributed by atoms with E-state index >= 15 is 0 Å². The van der Waals surface area contributed by atoms with Crippen LogP contribution in [0.2, 0.25) is 0 Å². The van der Waals surface area contributed by atoms with Crippen LogP contribution in [-0.4, -0.2) is 60.0 Å². The van der Waals surface area contributed by atoms with E-state index in [-0.39, 0.29) is 41.8 Å². The number of unbranched alkanes of at least 4 members (excludes halogenated alkanes) is 1. The number of piperidine rings is 1. The molecule has 0 spiro atoms. The van der Waals surface area contributed by atoms with E-state index in [0.717, 1.165) is 82.7 Å². The molecule has 8 unspecified atom stereocenters. The summed E-state index contributed by atoms with van der Waals surface area (Å²) in [6.07, 6.45) is 12.8. The number of aldehydes is 1. The van der Waals surface area contributed by atoms with Gasteiger partial charge in [0.1, 0.15) is 11.7 Å². The van der Waals surface area contributed by atoms with Crippen LogP contribution in [0.1, 0.15) is 91.9 Å². The number of hydrogen-bond acceptors (Lipinski definition) is 5. The molecule has 3 N–H and O–H groups in total. The molecule has 41 heavy (non-hydrogen) atoms. The number of carboxylic acid groups (broad SMARTS) is 1. The molecule has 3 saturated carbocycles. The summed E-state index contributed by atoms with van der Waals surface area (Å²) in [6.45, 7) is 11.2. The number of amides is 1. The molecule has 0 radical (unpaired) electrons. The Morgan fingerprint density at radius 1 is 1.24 bits per heavy atom. The highest BCUT2D eigenvalue weighted by molar-refractivity contribution is 5.90. The summed E-state index contributed by atoms with van der Waals surface area (Å²) < 4.78 is 7.22. The lowest BCUT2D eigenvalue weighted by Gasteiger charge is -2.60. The van der Waals surface area contributed by atoms with Crippen LogP contribution in [0, 0.1) is 57.7 Å². The Balaban J connectivity index is 1.40. The third kappa shape index (κ3) is 3.86. The van der Waals surface area contributed by atoms with Gasteiger partial charge in [-0.05, 0) is 87.0 Å². The van der Waals surface area contributed by atoms with Crippen molar-refractivity contribution in [3.8, 4) is 0 Å². The Labute approximate surface area is 246 Å². The van der Waals surface area contributed by atoms with Crippen molar-refractivity contribution in [2.45, 2.75) is 104 Å². The number of rotatable bonds is 10. The molecule has 2 saturated heterocycles. The van der Waals surface area contributed by atoms with Gasteiger partial charge in [0, 0.05) is 18.5 Å². The highest BCUT2D eigenvalue weighted by atomic mass is 16.5. The first-order valence-corrected chi connectivity index (χ1v) is 16.7. The highest BCUT2D eigenvalue weighted by Gasteiger charge is 2.86. The van der Waals surface area contributed by atoms with Crippen LogP contribution in [0.5, 0.6) is 0 Å². The number of fused-ring (bicyclic) bond motifs is 2. The van der Waals surface area contributed by atoms with Gasteiger partial charge in [0.05, 0.1) is 23.5 Å². The van der Waals surface area contributed by atoms with Gasteiger partial charge >= 0.3 is 5.97 Å². The normalized spacial score (nSPS) is 47.0. The number of aliphatic carboxylic acids is 1. The maximum atomic E-state index is 14.0. The molecule has 2 aliphatic heterocycles. The quantitative estimate of drug-likeness (QED) is 0.281. The predicted octanol–water partition coefficient (Wildman–Crippen LogP) is 5.07. The van der Waals surface area contributed by atoms with Gasteiger partial charge in [-0.15, -0.1) is 0 Å². The first-order chi connectivity index (χ1) is 19.6. The van der Waals surface area contributed by atoms with Gasteiger partial charge < -0.3 is 20.4 Å². The predicted molar refractivity (Wildman–Crippen MR) is 157 cm³/mol. The van der Waals surface area contributed by atoms with Crippen LogP contribution < -0.4 is 5.73 Å². The zero-order chi connectivity index (χ0) is 29.3. The van der Waals surface area contributed by atoms with E-state index in [1.165, 1.54) is 0 Å². The second-order valence-electron chi connectivity index (χ2n) is 15.2. The lowest BCUT2D eigenvalue weighted by Crippen LogP contribution is -2.65. The fraction of sp³-hybridized carbons (Fsp3) is 0.853. The number of carboxylic acids is 1. The Hall–Kier alpha value is -1.73. The number of nitrogens with two attached hydrogens (primary N) is 1. The monoisotopic (exact) mass is 568 g/mol. The van der Waals surface area contributed by atoms with E-state index in [1.807, 2.05) is 0 Å². The van der Waals surface area contributed by atoms with E-state index in [1.54, 1.807) is 0 Å².